The Kier molecular flexibility index (Phi) is 6.49. The number of rotatable bonds is 7. The predicted molar refractivity (Wildman–Crippen MR) is 127 cm³/mol. The summed E-state index contributed by atoms with van der Waals surface area (Å²) in [6.45, 7) is 6.72. The van der Waals surface area contributed by atoms with Crippen LogP contribution in [0.25, 0.3) is 0 Å². The summed E-state index contributed by atoms with van der Waals surface area (Å²) < 4.78 is 14.3. The second kappa shape index (κ2) is 9.18. The van der Waals surface area contributed by atoms with Gasteiger partial charge in [-0.2, -0.15) is 0 Å². The van der Waals surface area contributed by atoms with Crippen molar-refractivity contribution in [1.29, 1.82) is 0 Å². The number of imidazole rings is 1. The second-order valence-electron chi connectivity index (χ2n) is 9.30. The van der Waals surface area contributed by atoms with Crippen molar-refractivity contribution in [2.45, 2.75) is 50.7 Å². The molecule has 1 aliphatic heterocycles. The largest absolute Gasteiger partial charge is 0.436 e. The van der Waals surface area contributed by atoms with E-state index in [1.54, 1.807) is 0 Å². The van der Waals surface area contributed by atoms with Crippen LogP contribution in [-0.2, 0) is 9.16 Å². The maximum Gasteiger partial charge on any atom is 0.436 e. The maximum atomic E-state index is 11.3. The molecule has 1 fully saturated rings. The molecule has 4 rings (SSSR count). The molecule has 2 aromatic carbocycles. The predicted octanol–water partition coefficient (Wildman–Crippen LogP) is 3.02. The highest BCUT2D eigenvalue weighted by Crippen LogP contribution is 2.38. The molecule has 0 amide bonds. The number of hydrogen-bond donors (Lipinski definition) is 1. The lowest BCUT2D eigenvalue weighted by atomic mass is 10.2. The molecule has 33 heavy (non-hydrogen) atoms. The third-order valence-electron chi connectivity index (χ3n) is 6.21. The Hall–Kier alpha value is -2.85. The van der Waals surface area contributed by atoms with E-state index in [0.29, 0.717) is 0 Å². The van der Waals surface area contributed by atoms with E-state index in [9.17, 15) is 15.2 Å². The lowest BCUT2D eigenvalue weighted by Gasteiger charge is -2.43. The first kappa shape index (κ1) is 23.3. The van der Waals surface area contributed by atoms with E-state index in [1.807, 2.05) is 36.4 Å². The first-order valence-corrected chi connectivity index (χ1v) is 12.9. The van der Waals surface area contributed by atoms with Crippen LogP contribution in [0.5, 0.6) is 0 Å². The molecule has 3 aromatic rings. The summed E-state index contributed by atoms with van der Waals surface area (Å²) in [6, 6.07) is 20.5. The molecular weight excluding hydrogens is 438 g/mol. The number of nitro groups is 1. The third-order valence-corrected chi connectivity index (χ3v) is 11.2. The number of aromatic nitrogens is 2. The summed E-state index contributed by atoms with van der Waals surface area (Å²) in [5, 5.41) is 24.1. The van der Waals surface area contributed by atoms with Crippen molar-refractivity contribution in [2.24, 2.45) is 0 Å². The van der Waals surface area contributed by atoms with Crippen molar-refractivity contribution in [2.75, 3.05) is 6.61 Å². The van der Waals surface area contributed by atoms with Crippen LogP contribution in [0.15, 0.2) is 73.1 Å². The first-order chi connectivity index (χ1) is 15.7. The van der Waals surface area contributed by atoms with Crippen LogP contribution < -0.4 is 10.4 Å². The van der Waals surface area contributed by atoms with Gasteiger partial charge in [-0.05, 0) is 20.3 Å². The van der Waals surface area contributed by atoms with E-state index in [1.165, 1.54) is 17.0 Å². The maximum absolute atomic E-state index is 11.3. The fourth-order valence-electron chi connectivity index (χ4n) is 4.68. The molecule has 3 atom stereocenters. The molecule has 0 bridgehead atoms. The minimum Gasteiger partial charge on any atom is -0.405 e. The minimum absolute atomic E-state index is 0.174. The van der Waals surface area contributed by atoms with Gasteiger partial charge in [0.15, 0.2) is 6.23 Å². The SMILES string of the molecule is CC(C)(C)[Si](OCC1OC(n2ccnc2[N+](=O)[O-])C[C@H]1O)(c1ccccc1)c1ccccc1. The van der Waals surface area contributed by atoms with Crippen LogP contribution in [0, 0.1) is 10.1 Å². The van der Waals surface area contributed by atoms with Gasteiger partial charge in [-0.3, -0.25) is 0 Å². The van der Waals surface area contributed by atoms with Crippen LogP contribution in [0.1, 0.15) is 33.4 Å². The number of benzene rings is 2. The zero-order valence-electron chi connectivity index (χ0n) is 19.0. The smallest absolute Gasteiger partial charge is 0.405 e. The second-order valence-corrected chi connectivity index (χ2v) is 13.6. The van der Waals surface area contributed by atoms with Crippen molar-refractivity contribution in [3.63, 3.8) is 0 Å². The highest BCUT2D eigenvalue weighted by molar-refractivity contribution is 6.99. The summed E-state index contributed by atoms with van der Waals surface area (Å²) in [7, 11) is -2.78. The van der Waals surface area contributed by atoms with Gasteiger partial charge < -0.3 is 24.4 Å². The van der Waals surface area contributed by atoms with Crippen LogP contribution in [-0.4, -0.2) is 46.7 Å². The molecule has 1 saturated heterocycles. The summed E-state index contributed by atoms with van der Waals surface area (Å²) in [5.74, 6) is -0.305. The highest BCUT2D eigenvalue weighted by atomic mass is 28.4. The molecule has 1 aromatic heterocycles. The Morgan fingerprint density at radius 3 is 2.24 bits per heavy atom. The van der Waals surface area contributed by atoms with Gasteiger partial charge in [0.05, 0.1) is 12.7 Å². The Balaban J connectivity index is 1.64. The fraction of sp³-hybridized carbons (Fsp3) is 0.375. The Labute approximate surface area is 194 Å². The van der Waals surface area contributed by atoms with E-state index in [-0.39, 0.29) is 24.0 Å². The zero-order valence-corrected chi connectivity index (χ0v) is 20.0. The monoisotopic (exact) mass is 467 g/mol. The standard InChI is InChI=1S/C24H29N3O5Si/c1-24(2,3)33(18-10-6-4-7-11-18,19-12-8-5-9-13-19)31-17-21-20(28)16-22(32-21)26-15-14-25-23(26)27(29)30/h4-15,20-22,28H,16-17H2,1-3H3/t20-,21?,22?/m1/s1. The lowest BCUT2D eigenvalue weighted by Crippen LogP contribution is -2.67. The van der Waals surface area contributed by atoms with Crippen LogP contribution >= 0.6 is 0 Å². The molecular formula is C24H29N3O5Si. The average molecular weight is 468 g/mol. The molecule has 2 heterocycles. The van der Waals surface area contributed by atoms with E-state index in [4.69, 9.17) is 9.16 Å². The molecule has 2 unspecified atom stereocenters. The van der Waals surface area contributed by atoms with Crippen molar-refractivity contribution < 1.29 is 19.2 Å². The number of aliphatic hydroxyl groups is 1. The molecule has 0 saturated carbocycles. The fourth-order valence-corrected chi connectivity index (χ4v) is 9.25. The Bertz CT molecular complexity index is 1040. The van der Waals surface area contributed by atoms with Gasteiger partial charge in [-0.1, -0.05) is 86.4 Å². The first-order valence-electron chi connectivity index (χ1n) is 11.0. The van der Waals surface area contributed by atoms with Gasteiger partial charge in [-0.15, -0.1) is 0 Å². The molecule has 0 spiro atoms. The lowest BCUT2D eigenvalue weighted by molar-refractivity contribution is -0.398. The summed E-state index contributed by atoms with van der Waals surface area (Å²) in [5.41, 5.74) is 0. The van der Waals surface area contributed by atoms with Crippen LogP contribution in [0.4, 0.5) is 5.95 Å². The Morgan fingerprint density at radius 1 is 1.15 bits per heavy atom. The van der Waals surface area contributed by atoms with Crippen molar-refractivity contribution in [3.05, 3.63) is 83.2 Å². The van der Waals surface area contributed by atoms with Crippen molar-refractivity contribution in [3.8, 4) is 0 Å². The summed E-state index contributed by atoms with van der Waals surface area (Å²) in [6.07, 6.45) is 0.997. The van der Waals surface area contributed by atoms with Gasteiger partial charge in [0.2, 0.25) is 0 Å². The van der Waals surface area contributed by atoms with E-state index in [0.717, 1.165) is 10.4 Å². The van der Waals surface area contributed by atoms with Crippen LogP contribution in [0.3, 0.4) is 0 Å². The molecule has 0 radical (unpaired) electrons. The molecule has 0 aliphatic carbocycles. The van der Waals surface area contributed by atoms with Gasteiger partial charge >= 0.3 is 5.95 Å². The van der Waals surface area contributed by atoms with Gasteiger partial charge in [0, 0.05) is 6.42 Å². The molecule has 1 N–H and O–H groups in total. The topological polar surface area (TPSA) is 99.7 Å². The molecule has 9 heteroatoms. The number of nitrogens with zero attached hydrogens (tertiary/aromatic N) is 3. The molecule has 8 nitrogen and oxygen atoms in total. The quantitative estimate of drug-likeness (QED) is 0.326. The summed E-state index contributed by atoms with van der Waals surface area (Å²) in [4.78, 5) is 14.5. The van der Waals surface area contributed by atoms with Crippen molar-refractivity contribution >= 4 is 24.6 Å². The highest BCUT2D eigenvalue weighted by Gasteiger charge is 2.51. The average Bonchev–Trinajstić information content (AvgIpc) is 3.42. The number of hydrogen-bond acceptors (Lipinski definition) is 6. The number of aliphatic hydroxyl groups excluding tert-OH is 1. The van der Waals surface area contributed by atoms with E-state index < -0.39 is 31.7 Å². The zero-order chi connectivity index (χ0) is 23.6. The molecule has 174 valence electrons. The van der Waals surface area contributed by atoms with Gasteiger partial charge in [-0.25, -0.2) is 4.57 Å². The van der Waals surface area contributed by atoms with E-state index >= 15 is 0 Å². The van der Waals surface area contributed by atoms with Gasteiger partial charge in [0.1, 0.15) is 18.5 Å². The molecule has 1 aliphatic rings. The van der Waals surface area contributed by atoms with E-state index in [2.05, 4.69) is 50.0 Å². The van der Waals surface area contributed by atoms with Crippen molar-refractivity contribution in [1.82, 2.24) is 9.55 Å². The Morgan fingerprint density at radius 2 is 1.73 bits per heavy atom. The van der Waals surface area contributed by atoms with Gasteiger partial charge in [0.25, 0.3) is 8.32 Å². The third kappa shape index (κ3) is 4.37. The summed E-state index contributed by atoms with van der Waals surface area (Å²) >= 11 is 0. The minimum atomic E-state index is -2.78. The van der Waals surface area contributed by atoms with Crippen LogP contribution in [0.2, 0.25) is 5.04 Å². The normalized spacial score (nSPS) is 21.3. The number of ether oxygens (including phenoxy) is 1.